The van der Waals surface area contributed by atoms with Crippen LogP contribution < -0.4 is 5.56 Å². The lowest BCUT2D eigenvalue weighted by Crippen LogP contribution is -2.25. The molecule has 0 amide bonds. The normalized spacial score (nSPS) is 15.5. The first kappa shape index (κ1) is 8.67. The van der Waals surface area contributed by atoms with Gasteiger partial charge in [0, 0.05) is 12.5 Å². The number of nitrogens with zero attached hydrogens (tertiary/aromatic N) is 2. The van der Waals surface area contributed by atoms with E-state index in [1.54, 1.807) is 0 Å². The van der Waals surface area contributed by atoms with Gasteiger partial charge in [0.25, 0.3) is 5.56 Å². The van der Waals surface area contributed by atoms with Crippen molar-refractivity contribution in [1.29, 1.82) is 0 Å². The summed E-state index contributed by atoms with van der Waals surface area (Å²) >= 11 is 0. The van der Waals surface area contributed by atoms with Gasteiger partial charge >= 0.3 is 0 Å². The van der Waals surface area contributed by atoms with Gasteiger partial charge in [-0.3, -0.25) is 4.79 Å². The summed E-state index contributed by atoms with van der Waals surface area (Å²) in [5, 5.41) is 4.36. The highest BCUT2D eigenvalue weighted by Crippen LogP contribution is 2.14. The van der Waals surface area contributed by atoms with Crippen LogP contribution in [0.15, 0.2) is 10.9 Å². The molecule has 0 atom stereocenters. The Labute approximate surface area is 85.7 Å². The van der Waals surface area contributed by atoms with Crippen LogP contribution >= 0.6 is 0 Å². The number of H-pyrrole nitrogens is 1. The molecule has 0 saturated carbocycles. The number of ether oxygens (including phenoxy) is 1. The van der Waals surface area contributed by atoms with Gasteiger partial charge in [0.1, 0.15) is 5.65 Å². The number of hydrogen-bond acceptors (Lipinski definition) is 3. The van der Waals surface area contributed by atoms with Crippen molar-refractivity contribution in [2.75, 3.05) is 6.61 Å². The molecule has 0 radical (unpaired) electrons. The van der Waals surface area contributed by atoms with E-state index >= 15 is 0 Å². The molecule has 5 nitrogen and oxygen atoms in total. The van der Waals surface area contributed by atoms with E-state index in [2.05, 4.69) is 10.1 Å². The molecule has 1 N–H and O–H groups in total. The molecule has 3 heterocycles. The van der Waals surface area contributed by atoms with E-state index in [0.717, 1.165) is 23.5 Å². The van der Waals surface area contributed by atoms with Crippen molar-refractivity contribution in [2.24, 2.45) is 0 Å². The van der Waals surface area contributed by atoms with Crippen LogP contribution in [0, 0.1) is 6.92 Å². The van der Waals surface area contributed by atoms with Gasteiger partial charge in [-0.05, 0) is 6.92 Å². The minimum Gasteiger partial charge on any atom is -0.376 e. The quantitative estimate of drug-likeness (QED) is 0.677. The fourth-order valence-electron chi connectivity index (χ4n) is 1.99. The highest BCUT2D eigenvalue weighted by atomic mass is 16.5. The molecule has 0 fully saturated rings. The van der Waals surface area contributed by atoms with Crippen LogP contribution in [0.4, 0.5) is 0 Å². The summed E-state index contributed by atoms with van der Waals surface area (Å²) < 4.78 is 7.09. The fraction of sp³-hybridized carbons (Fsp3) is 0.400. The standard InChI is InChI=1S/C10H11N3O2/c1-6-4-9-11-10(14)7-5-15-3-2-8(7)13(9)12-6/h4H,2-3,5H2,1H3,(H,11,14). The van der Waals surface area contributed by atoms with Gasteiger partial charge < -0.3 is 9.72 Å². The smallest absolute Gasteiger partial charge is 0.256 e. The van der Waals surface area contributed by atoms with Crippen LogP contribution in [0.5, 0.6) is 0 Å². The van der Waals surface area contributed by atoms with Gasteiger partial charge in [0.15, 0.2) is 0 Å². The topological polar surface area (TPSA) is 59.4 Å². The average Bonchev–Trinajstić information content (AvgIpc) is 2.59. The van der Waals surface area contributed by atoms with E-state index < -0.39 is 0 Å². The van der Waals surface area contributed by atoms with Crippen LogP contribution in [0.25, 0.3) is 5.65 Å². The van der Waals surface area contributed by atoms with E-state index in [0.29, 0.717) is 18.8 Å². The highest BCUT2D eigenvalue weighted by Gasteiger charge is 2.17. The van der Waals surface area contributed by atoms with Gasteiger partial charge in [-0.15, -0.1) is 0 Å². The van der Waals surface area contributed by atoms with Crippen molar-refractivity contribution in [1.82, 2.24) is 14.6 Å². The molecule has 15 heavy (non-hydrogen) atoms. The Morgan fingerprint density at radius 2 is 2.47 bits per heavy atom. The van der Waals surface area contributed by atoms with Crippen molar-refractivity contribution >= 4 is 5.65 Å². The molecule has 0 saturated heterocycles. The number of aryl methyl sites for hydroxylation is 1. The predicted molar refractivity (Wildman–Crippen MR) is 53.9 cm³/mol. The highest BCUT2D eigenvalue weighted by molar-refractivity contribution is 5.42. The van der Waals surface area contributed by atoms with Crippen LogP contribution in [-0.4, -0.2) is 21.2 Å². The zero-order valence-corrected chi connectivity index (χ0v) is 8.41. The van der Waals surface area contributed by atoms with Gasteiger partial charge in [-0.25, -0.2) is 4.52 Å². The first-order valence-electron chi connectivity index (χ1n) is 4.94. The number of fused-ring (bicyclic) bond motifs is 3. The van der Waals surface area contributed by atoms with Gasteiger partial charge in [0.2, 0.25) is 0 Å². The largest absolute Gasteiger partial charge is 0.376 e. The maximum atomic E-state index is 11.7. The number of rotatable bonds is 0. The van der Waals surface area contributed by atoms with E-state index in [9.17, 15) is 4.79 Å². The summed E-state index contributed by atoms with van der Waals surface area (Å²) in [4.78, 5) is 14.5. The van der Waals surface area contributed by atoms with Crippen molar-refractivity contribution in [3.05, 3.63) is 33.4 Å². The molecule has 0 bridgehead atoms. The van der Waals surface area contributed by atoms with Crippen LogP contribution in [0.1, 0.15) is 17.0 Å². The third-order valence-electron chi connectivity index (χ3n) is 2.68. The second-order valence-electron chi connectivity index (χ2n) is 3.76. The summed E-state index contributed by atoms with van der Waals surface area (Å²) in [7, 11) is 0. The molecule has 5 heteroatoms. The van der Waals surface area contributed by atoms with Crippen LogP contribution in [0.3, 0.4) is 0 Å². The maximum Gasteiger partial charge on any atom is 0.256 e. The first-order chi connectivity index (χ1) is 7.25. The number of aromatic amines is 1. The van der Waals surface area contributed by atoms with Crippen molar-refractivity contribution in [3.8, 4) is 0 Å². The monoisotopic (exact) mass is 205 g/mol. The van der Waals surface area contributed by atoms with E-state index in [4.69, 9.17) is 4.74 Å². The maximum absolute atomic E-state index is 11.7. The minimum absolute atomic E-state index is 0.0582. The first-order valence-corrected chi connectivity index (χ1v) is 4.94. The Balaban J connectivity index is 2.43. The van der Waals surface area contributed by atoms with Crippen LogP contribution in [0.2, 0.25) is 0 Å². The number of hydrogen-bond donors (Lipinski definition) is 1. The number of aromatic nitrogens is 3. The fourth-order valence-corrected chi connectivity index (χ4v) is 1.99. The lowest BCUT2D eigenvalue weighted by molar-refractivity contribution is 0.107. The molecule has 1 aliphatic heterocycles. The molecule has 0 aromatic carbocycles. The Hall–Kier alpha value is -1.62. The van der Waals surface area contributed by atoms with Gasteiger partial charge in [-0.1, -0.05) is 0 Å². The summed E-state index contributed by atoms with van der Waals surface area (Å²) in [6, 6.07) is 1.87. The lowest BCUT2D eigenvalue weighted by atomic mass is 10.1. The zero-order valence-electron chi connectivity index (χ0n) is 8.41. The van der Waals surface area contributed by atoms with E-state index in [1.165, 1.54) is 0 Å². The number of nitrogens with one attached hydrogen (secondary N) is 1. The summed E-state index contributed by atoms with van der Waals surface area (Å²) in [5.74, 6) is 0. The lowest BCUT2D eigenvalue weighted by Gasteiger charge is -2.15. The van der Waals surface area contributed by atoms with Crippen LogP contribution in [-0.2, 0) is 17.8 Å². The van der Waals surface area contributed by atoms with Crippen molar-refractivity contribution < 1.29 is 4.74 Å². The Bertz CT molecular complexity index is 582. The molecular weight excluding hydrogens is 194 g/mol. The SMILES string of the molecule is Cc1cc2[nH]c(=O)c3c(n2n1)CCOC3. The van der Waals surface area contributed by atoms with Gasteiger partial charge in [-0.2, -0.15) is 5.10 Å². The molecule has 0 unspecified atom stereocenters. The summed E-state index contributed by atoms with van der Waals surface area (Å²) in [5.41, 5.74) is 3.30. The molecule has 2 aromatic rings. The molecule has 0 aliphatic carbocycles. The molecule has 1 aliphatic rings. The molecular formula is C10H11N3O2. The predicted octanol–water partition coefficient (Wildman–Crippen LogP) is 0.404. The van der Waals surface area contributed by atoms with E-state index in [1.807, 2.05) is 17.5 Å². The third-order valence-corrected chi connectivity index (χ3v) is 2.68. The summed E-state index contributed by atoms with van der Waals surface area (Å²) in [6.45, 7) is 2.96. The Morgan fingerprint density at radius 3 is 3.33 bits per heavy atom. The molecule has 3 rings (SSSR count). The van der Waals surface area contributed by atoms with E-state index in [-0.39, 0.29) is 5.56 Å². The summed E-state index contributed by atoms with van der Waals surface area (Å²) in [6.07, 6.45) is 0.747. The molecule has 2 aromatic heterocycles. The zero-order chi connectivity index (χ0) is 10.4. The average molecular weight is 205 g/mol. The second-order valence-corrected chi connectivity index (χ2v) is 3.76. The molecule has 0 spiro atoms. The third kappa shape index (κ3) is 1.20. The van der Waals surface area contributed by atoms with Crippen molar-refractivity contribution in [3.63, 3.8) is 0 Å². The Kier molecular flexibility index (Phi) is 1.70. The molecule has 78 valence electrons. The van der Waals surface area contributed by atoms with Crippen molar-refractivity contribution in [2.45, 2.75) is 20.0 Å². The second kappa shape index (κ2) is 2.93. The Morgan fingerprint density at radius 1 is 1.60 bits per heavy atom. The van der Waals surface area contributed by atoms with Gasteiger partial charge in [0.05, 0.1) is 30.2 Å². The minimum atomic E-state index is -0.0582.